The number of aromatic nitrogens is 2. The monoisotopic (exact) mass is 534 g/mol. The van der Waals surface area contributed by atoms with E-state index in [0.29, 0.717) is 30.1 Å². The van der Waals surface area contributed by atoms with Crippen LogP contribution in [-0.4, -0.2) is 36.4 Å². The molecule has 3 heterocycles. The first-order chi connectivity index (χ1) is 15.5. The lowest BCUT2D eigenvalue weighted by Crippen LogP contribution is -2.25. The van der Waals surface area contributed by atoms with Crippen molar-refractivity contribution in [2.75, 3.05) is 13.1 Å². The Balaban J connectivity index is 1.40. The van der Waals surface area contributed by atoms with E-state index in [1.165, 1.54) is 11.3 Å². The van der Waals surface area contributed by atoms with Crippen LogP contribution in [0.25, 0.3) is 11.4 Å². The summed E-state index contributed by atoms with van der Waals surface area (Å²) in [5.41, 5.74) is 2.68. The highest BCUT2D eigenvalue weighted by Crippen LogP contribution is 2.31. The summed E-state index contributed by atoms with van der Waals surface area (Å²) in [5.74, 6) is 1.03. The predicted octanol–water partition coefficient (Wildman–Crippen LogP) is 4.20. The molecular formula is C22H23BrN4O3S2. The second-order valence-corrected chi connectivity index (χ2v) is 11.0. The van der Waals surface area contributed by atoms with Crippen molar-refractivity contribution in [3.05, 3.63) is 75.9 Å². The topological polar surface area (TPSA) is 96.2 Å². The number of hydrogen-bond donors (Lipinski definition) is 3. The first kappa shape index (κ1) is 22.8. The van der Waals surface area contributed by atoms with Crippen molar-refractivity contribution in [1.82, 2.24) is 19.8 Å². The van der Waals surface area contributed by atoms with Gasteiger partial charge in [-0.3, -0.25) is 0 Å². The molecule has 1 aliphatic rings. The van der Waals surface area contributed by atoms with Crippen molar-refractivity contribution in [2.24, 2.45) is 0 Å². The Morgan fingerprint density at radius 3 is 2.75 bits per heavy atom. The molecule has 168 valence electrons. The van der Waals surface area contributed by atoms with Gasteiger partial charge in [0.2, 0.25) is 10.0 Å². The number of para-hydroxylation sites is 1. The molecule has 0 spiro atoms. The predicted molar refractivity (Wildman–Crippen MR) is 131 cm³/mol. The zero-order valence-corrected chi connectivity index (χ0v) is 20.4. The number of phenolic OH excluding ortho intramolecular Hbond substituents is 1. The lowest BCUT2D eigenvalue weighted by Gasteiger charge is -2.13. The number of nitrogens with zero attached hydrogens (tertiary/aromatic N) is 2. The van der Waals surface area contributed by atoms with Crippen molar-refractivity contribution in [3.8, 4) is 5.75 Å². The molecule has 1 aromatic carbocycles. The summed E-state index contributed by atoms with van der Waals surface area (Å²) in [6.45, 7) is 1.03. The standard InChI is InChI=1S/C22H23BrN4O3S2/c23-18-15-25-27-19(18)10-9-16(17-6-1-2-7-20(17)28)14-21(27)24-11-3-4-12-26-32(29,30)22-8-5-13-31-22/h1-2,5-9,13-15,24,26,28H,3-4,10-12H2. The number of benzene rings is 1. The SMILES string of the molecule is O=S(=O)(NCCCCNC1=CC(c2ccccc2O)=CCc2c(Br)cnn21)c1cccs1. The highest BCUT2D eigenvalue weighted by molar-refractivity contribution is 9.10. The van der Waals surface area contributed by atoms with Gasteiger partial charge < -0.3 is 10.4 Å². The summed E-state index contributed by atoms with van der Waals surface area (Å²) in [6, 6.07) is 10.6. The van der Waals surface area contributed by atoms with Gasteiger partial charge in [0.1, 0.15) is 15.8 Å². The minimum atomic E-state index is -3.42. The molecule has 7 nitrogen and oxygen atoms in total. The van der Waals surface area contributed by atoms with Crippen LogP contribution in [0.3, 0.4) is 0 Å². The second kappa shape index (κ2) is 10.0. The Labute approximate surface area is 199 Å². The van der Waals surface area contributed by atoms with Crippen molar-refractivity contribution < 1.29 is 13.5 Å². The van der Waals surface area contributed by atoms with E-state index < -0.39 is 10.0 Å². The molecule has 32 heavy (non-hydrogen) atoms. The Morgan fingerprint density at radius 1 is 1.16 bits per heavy atom. The molecule has 1 aliphatic heterocycles. The fourth-order valence-corrected chi connectivity index (χ4v) is 5.94. The van der Waals surface area contributed by atoms with Gasteiger partial charge in [0.15, 0.2) is 0 Å². The maximum atomic E-state index is 12.2. The molecule has 4 rings (SSSR count). The molecule has 0 amide bonds. The van der Waals surface area contributed by atoms with E-state index in [0.717, 1.165) is 33.5 Å². The fraction of sp³-hybridized carbons (Fsp3) is 0.227. The van der Waals surface area contributed by atoms with Crippen molar-refractivity contribution in [3.63, 3.8) is 0 Å². The quantitative estimate of drug-likeness (QED) is 0.357. The Morgan fingerprint density at radius 2 is 1.97 bits per heavy atom. The summed E-state index contributed by atoms with van der Waals surface area (Å²) in [6.07, 6.45) is 7.95. The minimum Gasteiger partial charge on any atom is -0.507 e. The number of halogens is 1. The highest BCUT2D eigenvalue weighted by Gasteiger charge is 2.17. The summed E-state index contributed by atoms with van der Waals surface area (Å²) in [7, 11) is -3.42. The molecule has 0 bridgehead atoms. The summed E-state index contributed by atoms with van der Waals surface area (Å²) in [4.78, 5) is 0. The number of allylic oxidation sites excluding steroid dienone is 3. The maximum absolute atomic E-state index is 12.2. The fourth-order valence-electron chi connectivity index (χ4n) is 3.41. The van der Waals surface area contributed by atoms with Gasteiger partial charge in [0.05, 0.1) is 16.4 Å². The average Bonchev–Trinajstić information content (AvgIpc) is 3.40. The summed E-state index contributed by atoms with van der Waals surface area (Å²) < 4.78 is 30.1. The maximum Gasteiger partial charge on any atom is 0.250 e. The molecule has 0 fully saturated rings. The third-order valence-electron chi connectivity index (χ3n) is 5.03. The number of nitrogens with one attached hydrogen (secondary N) is 2. The number of aromatic hydroxyl groups is 1. The molecule has 0 radical (unpaired) electrons. The van der Waals surface area contributed by atoms with Gasteiger partial charge >= 0.3 is 0 Å². The average molecular weight is 535 g/mol. The van der Waals surface area contributed by atoms with Crippen molar-refractivity contribution in [1.29, 1.82) is 0 Å². The van der Waals surface area contributed by atoms with Crippen LogP contribution in [0.1, 0.15) is 24.1 Å². The molecule has 0 saturated heterocycles. The number of rotatable bonds is 9. The van der Waals surface area contributed by atoms with Gasteiger partial charge in [-0.2, -0.15) is 5.10 Å². The van der Waals surface area contributed by atoms with E-state index in [4.69, 9.17) is 0 Å². The second-order valence-electron chi connectivity index (χ2n) is 7.23. The van der Waals surface area contributed by atoms with Gasteiger partial charge in [0.25, 0.3) is 0 Å². The van der Waals surface area contributed by atoms with E-state index in [1.807, 2.05) is 22.9 Å². The Kier molecular flexibility index (Phi) is 7.14. The van der Waals surface area contributed by atoms with Crippen LogP contribution in [0, 0.1) is 0 Å². The molecule has 2 aromatic heterocycles. The minimum absolute atomic E-state index is 0.228. The van der Waals surface area contributed by atoms with Gasteiger partial charge in [0, 0.05) is 25.1 Å². The molecule has 3 N–H and O–H groups in total. The lowest BCUT2D eigenvalue weighted by atomic mass is 10.0. The van der Waals surface area contributed by atoms with Crippen LogP contribution < -0.4 is 10.0 Å². The first-order valence-corrected chi connectivity index (χ1v) is 13.3. The molecule has 0 aliphatic carbocycles. The number of phenols is 1. The van der Waals surface area contributed by atoms with E-state index in [1.54, 1.807) is 35.8 Å². The van der Waals surface area contributed by atoms with Crippen LogP contribution in [0.5, 0.6) is 5.75 Å². The molecule has 3 aromatic rings. The molecule has 0 saturated carbocycles. The number of thiophene rings is 1. The summed E-state index contributed by atoms with van der Waals surface area (Å²) >= 11 is 4.77. The number of hydrogen-bond acceptors (Lipinski definition) is 6. The van der Waals surface area contributed by atoms with Gasteiger partial charge in [-0.25, -0.2) is 17.8 Å². The smallest absolute Gasteiger partial charge is 0.250 e. The third kappa shape index (κ3) is 5.15. The van der Waals surface area contributed by atoms with E-state index in [9.17, 15) is 13.5 Å². The van der Waals surface area contributed by atoms with Gasteiger partial charge in [-0.1, -0.05) is 30.3 Å². The van der Waals surface area contributed by atoms with Crippen LogP contribution in [0.4, 0.5) is 0 Å². The van der Waals surface area contributed by atoms with Crippen molar-refractivity contribution >= 4 is 48.7 Å². The number of unbranched alkanes of at least 4 members (excludes halogenated alkanes) is 1. The number of fused-ring (bicyclic) bond motifs is 1. The summed E-state index contributed by atoms with van der Waals surface area (Å²) in [5, 5.41) is 19.9. The Hall–Kier alpha value is -2.40. The largest absolute Gasteiger partial charge is 0.507 e. The van der Waals surface area contributed by atoms with Crippen LogP contribution >= 0.6 is 27.3 Å². The van der Waals surface area contributed by atoms with Crippen LogP contribution in [0.2, 0.25) is 0 Å². The normalized spacial score (nSPS) is 13.8. The molecule has 0 atom stereocenters. The van der Waals surface area contributed by atoms with Gasteiger partial charge in [-0.05, 0) is 57.9 Å². The molecular weight excluding hydrogens is 512 g/mol. The van der Waals surface area contributed by atoms with Crippen LogP contribution in [-0.2, 0) is 16.4 Å². The van der Waals surface area contributed by atoms with E-state index in [2.05, 4.69) is 37.1 Å². The van der Waals surface area contributed by atoms with Crippen molar-refractivity contribution in [2.45, 2.75) is 23.5 Å². The highest BCUT2D eigenvalue weighted by atomic mass is 79.9. The molecule has 10 heteroatoms. The zero-order chi connectivity index (χ0) is 22.6. The van der Waals surface area contributed by atoms with Gasteiger partial charge in [-0.15, -0.1) is 11.3 Å². The van der Waals surface area contributed by atoms with Crippen LogP contribution in [0.15, 0.2) is 68.8 Å². The van der Waals surface area contributed by atoms with E-state index >= 15 is 0 Å². The Bertz CT molecular complexity index is 1250. The first-order valence-electron chi connectivity index (χ1n) is 10.2. The molecule has 0 unspecified atom stereocenters. The lowest BCUT2D eigenvalue weighted by molar-refractivity contribution is 0.473. The van der Waals surface area contributed by atoms with E-state index in [-0.39, 0.29) is 5.75 Å². The third-order valence-corrected chi connectivity index (χ3v) is 8.55. The zero-order valence-electron chi connectivity index (χ0n) is 17.2. The number of sulfonamides is 1.